The number of phosphoric ester groups is 2. The Bertz CT molecular complexity index is 2590. The number of aliphatic hydroxyl groups is 1. The summed E-state index contributed by atoms with van der Waals surface area (Å²) < 4.78 is 68.5. The minimum Gasteiger partial charge on any atom is -0.462 e. The zero-order valence-corrected chi connectivity index (χ0v) is 66.4. The van der Waals surface area contributed by atoms with E-state index in [0.717, 1.165) is 193 Å². The van der Waals surface area contributed by atoms with Gasteiger partial charge < -0.3 is 33.8 Å². The van der Waals surface area contributed by atoms with Gasteiger partial charge in [-0.15, -0.1) is 0 Å². The van der Waals surface area contributed by atoms with Crippen molar-refractivity contribution in [3.05, 3.63) is 158 Å². The van der Waals surface area contributed by atoms with Crippen molar-refractivity contribution in [1.29, 1.82) is 0 Å². The van der Waals surface area contributed by atoms with Gasteiger partial charge in [0, 0.05) is 25.7 Å². The maximum absolute atomic E-state index is 13.1. The number of rotatable bonds is 73. The van der Waals surface area contributed by atoms with E-state index in [1.54, 1.807) is 0 Å². The Balaban J connectivity index is 5.44. The number of hydrogen-bond donors (Lipinski definition) is 3. The van der Waals surface area contributed by atoms with Crippen molar-refractivity contribution in [2.75, 3.05) is 39.6 Å². The van der Waals surface area contributed by atoms with Gasteiger partial charge in [-0.1, -0.05) is 263 Å². The largest absolute Gasteiger partial charge is 0.472 e. The van der Waals surface area contributed by atoms with Crippen LogP contribution in [0.2, 0.25) is 0 Å². The summed E-state index contributed by atoms with van der Waals surface area (Å²) in [7, 11) is -10.00. The maximum atomic E-state index is 13.1. The Labute approximate surface area is 629 Å². The second kappa shape index (κ2) is 75.9. The van der Waals surface area contributed by atoms with Gasteiger partial charge in [-0.2, -0.15) is 0 Å². The van der Waals surface area contributed by atoms with E-state index in [1.165, 1.54) is 19.3 Å². The number of phosphoric acid groups is 2. The van der Waals surface area contributed by atoms with Crippen LogP contribution >= 0.6 is 15.6 Å². The normalized spacial score (nSPS) is 14.7. The Morgan fingerprint density at radius 3 is 0.788 bits per heavy atom. The molecule has 0 spiro atoms. The van der Waals surface area contributed by atoms with Crippen molar-refractivity contribution in [2.24, 2.45) is 0 Å². The Kier molecular flexibility index (Phi) is 72.0. The summed E-state index contributed by atoms with van der Waals surface area (Å²) in [5, 5.41) is 10.6. The van der Waals surface area contributed by atoms with Crippen molar-refractivity contribution in [2.45, 2.75) is 316 Å². The van der Waals surface area contributed by atoms with E-state index in [1.807, 2.05) is 0 Å². The fourth-order valence-electron chi connectivity index (χ4n) is 10.0. The summed E-state index contributed by atoms with van der Waals surface area (Å²) in [4.78, 5) is 73.0. The molecule has 0 heterocycles. The van der Waals surface area contributed by atoms with Crippen LogP contribution in [-0.2, 0) is 65.4 Å². The van der Waals surface area contributed by atoms with E-state index in [0.29, 0.717) is 32.1 Å². The molecule has 0 radical (unpaired) electrons. The summed E-state index contributed by atoms with van der Waals surface area (Å²) >= 11 is 0. The van der Waals surface area contributed by atoms with E-state index in [2.05, 4.69) is 186 Å². The van der Waals surface area contributed by atoms with Crippen LogP contribution in [0.1, 0.15) is 297 Å². The van der Waals surface area contributed by atoms with Crippen molar-refractivity contribution in [1.82, 2.24) is 0 Å². The van der Waals surface area contributed by atoms with Gasteiger partial charge in [0.2, 0.25) is 0 Å². The van der Waals surface area contributed by atoms with Gasteiger partial charge in [-0.3, -0.25) is 37.3 Å². The lowest BCUT2D eigenvalue weighted by molar-refractivity contribution is -0.161. The third kappa shape index (κ3) is 74.9. The molecule has 0 aromatic heterocycles. The lowest BCUT2D eigenvalue weighted by atomic mass is 10.1. The summed E-state index contributed by atoms with van der Waals surface area (Å²) in [6, 6.07) is 0. The first-order valence-electron chi connectivity index (χ1n) is 39.7. The number of ether oxygens (including phenoxy) is 4. The molecule has 0 rings (SSSR count). The second-order valence-electron chi connectivity index (χ2n) is 25.9. The maximum Gasteiger partial charge on any atom is 0.472 e. The molecule has 104 heavy (non-hydrogen) atoms. The number of esters is 4. The molecule has 5 unspecified atom stereocenters. The topological polar surface area (TPSA) is 237 Å². The minimum atomic E-state index is -5.00. The zero-order valence-electron chi connectivity index (χ0n) is 64.6. The van der Waals surface area contributed by atoms with Gasteiger partial charge in [0.05, 0.1) is 26.4 Å². The molecule has 0 aliphatic carbocycles. The summed E-state index contributed by atoms with van der Waals surface area (Å²) in [6.45, 7) is 4.40. The summed E-state index contributed by atoms with van der Waals surface area (Å²) in [5.41, 5.74) is 0. The highest BCUT2D eigenvalue weighted by atomic mass is 31.2. The molecule has 0 aliphatic heterocycles. The number of hydrogen-bond acceptors (Lipinski definition) is 15. The molecule has 0 amide bonds. The van der Waals surface area contributed by atoms with Gasteiger partial charge >= 0.3 is 39.5 Å². The standard InChI is InChI=1S/C85H140O17P2/c1-5-9-13-17-21-25-29-33-37-38-39-40-44-46-50-54-58-62-66-70-83(88)96-76-81(102-85(90)72-68-64-60-56-52-48-43-36-32-28-24-20-16-12-8-4)78-100-104(93,94)98-74-79(86)73-97-103(91,92)99-77-80(101-84(89)71-67-63-59-55-51-47-42-35-31-27-23-19-15-11-7-3)75-95-82(87)69-65-61-57-53-49-45-41-34-30-26-22-18-14-10-6-2/h10-12,14-16,21-28,33-37,39-43,52,56,79-81,86H,5-9,13,17-20,29-32,38,44-51,53-55,57-78H2,1-4H3,(H,91,92)(H,93,94)/b14-10-,15-11-,16-12-,25-21-,26-22-,27-23-,28-24-,37-33-,40-39-,41-34-,42-35-,43-36-,56-52-. The van der Waals surface area contributed by atoms with Gasteiger partial charge in [0.1, 0.15) is 19.3 Å². The van der Waals surface area contributed by atoms with Crippen LogP contribution in [0.3, 0.4) is 0 Å². The highest BCUT2D eigenvalue weighted by Gasteiger charge is 2.30. The first kappa shape index (κ1) is 98.7. The highest BCUT2D eigenvalue weighted by Crippen LogP contribution is 2.45. The molecule has 0 fully saturated rings. The third-order valence-corrected chi connectivity index (χ3v) is 17.9. The Morgan fingerprint density at radius 1 is 0.279 bits per heavy atom. The zero-order chi connectivity index (χ0) is 76.0. The van der Waals surface area contributed by atoms with Crippen LogP contribution in [0.15, 0.2) is 158 Å². The highest BCUT2D eigenvalue weighted by molar-refractivity contribution is 7.47. The molecule has 0 aliphatic rings. The fraction of sp³-hybridized carbons (Fsp3) is 0.647. The molecule has 0 aromatic rings. The van der Waals surface area contributed by atoms with E-state index in [4.69, 9.17) is 37.0 Å². The molecular formula is C85H140O17P2. The van der Waals surface area contributed by atoms with Crippen LogP contribution in [0.4, 0.5) is 0 Å². The average molecular weight is 1500 g/mol. The van der Waals surface area contributed by atoms with E-state index >= 15 is 0 Å². The number of carbonyl (C=O) groups is 4. The predicted octanol–water partition coefficient (Wildman–Crippen LogP) is 23.2. The number of carbonyl (C=O) groups excluding carboxylic acids is 4. The quantitative estimate of drug-likeness (QED) is 0.0169. The Morgan fingerprint density at radius 2 is 0.500 bits per heavy atom. The van der Waals surface area contributed by atoms with Crippen molar-refractivity contribution >= 4 is 39.5 Å². The molecular weight excluding hydrogens is 1350 g/mol. The lowest BCUT2D eigenvalue weighted by Crippen LogP contribution is -2.30. The van der Waals surface area contributed by atoms with E-state index in [9.17, 15) is 43.2 Å². The summed E-state index contributed by atoms with van der Waals surface area (Å²) in [6.07, 6.45) is 88.0. The molecule has 0 bridgehead atoms. The molecule has 19 heteroatoms. The van der Waals surface area contributed by atoms with Gasteiger partial charge in [-0.05, 0) is 167 Å². The first-order chi connectivity index (χ1) is 50.7. The molecule has 0 saturated heterocycles. The van der Waals surface area contributed by atoms with E-state index in [-0.39, 0.29) is 25.7 Å². The van der Waals surface area contributed by atoms with Crippen molar-refractivity contribution in [3.63, 3.8) is 0 Å². The van der Waals surface area contributed by atoms with Crippen LogP contribution in [0.5, 0.6) is 0 Å². The van der Waals surface area contributed by atoms with Crippen LogP contribution in [0.25, 0.3) is 0 Å². The summed E-state index contributed by atoms with van der Waals surface area (Å²) in [5.74, 6) is -2.28. The van der Waals surface area contributed by atoms with Gasteiger partial charge in [0.25, 0.3) is 0 Å². The van der Waals surface area contributed by atoms with Gasteiger partial charge in [-0.25, -0.2) is 9.13 Å². The lowest BCUT2D eigenvalue weighted by Gasteiger charge is -2.21. The average Bonchev–Trinajstić information content (AvgIpc) is 0.999. The van der Waals surface area contributed by atoms with Crippen LogP contribution in [-0.4, -0.2) is 96.7 Å². The SMILES string of the molecule is CC/C=C\C/C=C\C/C=C\C/C=C\CCCCC(=O)OC(COC(=O)CCCCCCCC/C=C\C/C=C\C/C=C\CCCCC)COP(=O)(O)OCC(O)COP(=O)(O)OCC(COC(=O)CCCCCCC/C=C\C/C=C\C/C=C\CC)OC(=O)CCCCCCC/C=C\C/C=C\C/C=C\CC. The first-order valence-corrected chi connectivity index (χ1v) is 42.7. The molecule has 3 N–H and O–H groups in total. The molecule has 592 valence electrons. The predicted molar refractivity (Wildman–Crippen MR) is 427 cm³/mol. The smallest absolute Gasteiger partial charge is 0.462 e. The van der Waals surface area contributed by atoms with E-state index < -0.39 is 97.5 Å². The van der Waals surface area contributed by atoms with Crippen molar-refractivity contribution in [3.8, 4) is 0 Å². The fourth-order valence-corrected chi connectivity index (χ4v) is 11.6. The molecule has 5 atom stereocenters. The number of aliphatic hydroxyl groups excluding tert-OH is 1. The van der Waals surface area contributed by atoms with Gasteiger partial charge in [0.15, 0.2) is 12.2 Å². The number of unbranched alkanes of at least 4 members (excludes halogenated alkanes) is 21. The molecule has 0 aromatic carbocycles. The number of allylic oxidation sites excluding steroid dienone is 26. The van der Waals surface area contributed by atoms with Crippen LogP contribution in [0, 0.1) is 0 Å². The Hall–Kier alpha value is -5.32. The monoisotopic (exact) mass is 1490 g/mol. The third-order valence-electron chi connectivity index (χ3n) is 16.0. The minimum absolute atomic E-state index is 0.0342. The molecule has 17 nitrogen and oxygen atoms in total. The van der Waals surface area contributed by atoms with Crippen LogP contribution < -0.4 is 0 Å². The molecule has 0 saturated carbocycles. The van der Waals surface area contributed by atoms with Crippen molar-refractivity contribution < 1.29 is 80.2 Å². The second-order valence-corrected chi connectivity index (χ2v) is 28.8.